The third kappa shape index (κ3) is 3.49. The van der Waals surface area contributed by atoms with Gasteiger partial charge in [0.1, 0.15) is 0 Å². The van der Waals surface area contributed by atoms with Gasteiger partial charge in [-0.3, -0.25) is 0 Å². The van der Waals surface area contributed by atoms with Gasteiger partial charge in [0, 0.05) is 0 Å². The fourth-order valence-electron chi connectivity index (χ4n) is 0.734. The summed E-state index contributed by atoms with van der Waals surface area (Å²) in [6.07, 6.45) is 7.58. The third-order valence-electron chi connectivity index (χ3n) is 1.94. The van der Waals surface area contributed by atoms with Crippen LogP contribution in [0.1, 0.15) is 34.1 Å². The van der Waals surface area contributed by atoms with Crippen LogP contribution in [-0.2, 0) is 0 Å². The summed E-state index contributed by atoms with van der Waals surface area (Å²) in [5.41, 5.74) is 1.47. The molecular formula is C10H18. The molecule has 10 heavy (non-hydrogen) atoms. The molecule has 0 aliphatic carbocycles. The SMILES string of the molecule is C/C=C\C=C(/C)[C@H](C)CC. The summed E-state index contributed by atoms with van der Waals surface area (Å²) >= 11 is 0. The summed E-state index contributed by atoms with van der Waals surface area (Å²) in [5, 5.41) is 0. The van der Waals surface area contributed by atoms with E-state index in [4.69, 9.17) is 0 Å². The zero-order chi connectivity index (χ0) is 7.98. The van der Waals surface area contributed by atoms with Gasteiger partial charge in [-0.1, -0.05) is 37.6 Å². The van der Waals surface area contributed by atoms with Crippen LogP contribution < -0.4 is 0 Å². The molecular weight excluding hydrogens is 120 g/mol. The van der Waals surface area contributed by atoms with Crippen LogP contribution in [0.25, 0.3) is 0 Å². The zero-order valence-corrected chi connectivity index (χ0v) is 7.52. The Morgan fingerprint density at radius 2 is 2.10 bits per heavy atom. The van der Waals surface area contributed by atoms with Crippen LogP contribution in [0, 0.1) is 5.92 Å². The van der Waals surface area contributed by atoms with Crippen LogP contribution in [-0.4, -0.2) is 0 Å². The maximum atomic E-state index is 2.26. The topological polar surface area (TPSA) is 0 Å². The molecule has 0 aromatic heterocycles. The highest BCUT2D eigenvalue weighted by molar-refractivity contribution is 5.11. The van der Waals surface area contributed by atoms with Crippen molar-refractivity contribution in [2.45, 2.75) is 34.1 Å². The van der Waals surface area contributed by atoms with E-state index in [0.717, 1.165) is 5.92 Å². The minimum atomic E-state index is 0.733. The second-order valence-corrected chi connectivity index (χ2v) is 2.75. The van der Waals surface area contributed by atoms with E-state index in [1.807, 2.05) is 6.92 Å². The van der Waals surface area contributed by atoms with Crippen molar-refractivity contribution in [3.05, 3.63) is 23.8 Å². The molecule has 0 aliphatic rings. The highest BCUT2D eigenvalue weighted by Crippen LogP contribution is 2.12. The molecule has 0 spiro atoms. The lowest BCUT2D eigenvalue weighted by Crippen LogP contribution is -1.92. The molecule has 1 atom stereocenters. The molecule has 0 N–H and O–H groups in total. The molecule has 0 aromatic carbocycles. The first kappa shape index (κ1) is 9.48. The molecule has 0 fully saturated rings. The maximum Gasteiger partial charge on any atom is -0.0234 e. The van der Waals surface area contributed by atoms with Crippen molar-refractivity contribution in [2.24, 2.45) is 5.92 Å². The van der Waals surface area contributed by atoms with E-state index in [-0.39, 0.29) is 0 Å². The van der Waals surface area contributed by atoms with Crippen molar-refractivity contribution >= 4 is 0 Å². The van der Waals surface area contributed by atoms with Gasteiger partial charge in [-0.15, -0.1) is 0 Å². The van der Waals surface area contributed by atoms with E-state index in [2.05, 4.69) is 39.0 Å². The van der Waals surface area contributed by atoms with E-state index in [1.54, 1.807) is 0 Å². The van der Waals surface area contributed by atoms with Gasteiger partial charge in [-0.25, -0.2) is 0 Å². The van der Waals surface area contributed by atoms with Gasteiger partial charge in [0.15, 0.2) is 0 Å². The average molecular weight is 138 g/mol. The number of hydrogen-bond acceptors (Lipinski definition) is 0. The molecule has 0 heterocycles. The standard InChI is InChI=1S/C10H18/c1-5-7-8-10(4)9(3)6-2/h5,7-9H,6H2,1-4H3/b7-5-,10-8+/t9-/m1/s1. The summed E-state index contributed by atoms with van der Waals surface area (Å²) in [6.45, 7) is 8.71. The Balaban J connectivity index is 3.91. The molecule has 0 amide bonds. The van der Waals surface area contributed by atoms with Crippen LogP contribution in [0.15, 0.2) is 23.8 Å². The summed E-state index contributed by atoms with van der Waals surface area (Å²) < 4.78 is 0. The van der Waals surface area contributed by atoms with Gasteiger partial charge >= 0.3 is 0 Å². The van der Waals surface area contributed by atoms with Gasteiger partial charge < -0.3 is 0 Å². The lowest BCUT2D eigenvalue weighted by atomic mass is 10.00. The van der Waals surface area contributed by atoms with Gasteiger partial charge in [-0.05, 0) is 26.2 Å². The molecule has 0 aromatic rings. The van der Waals surface area contributed by atoms with E-state index in [0.29, 0.717) is 0 Å². The molecule has 0 bridgehead atoms. The normalized spacial score (nSPS) is 16.2. The molecule has 0 rings (SSSR count). The highest BCUT2D eigenvalue weighted by atomic mass is 14.0. The monoisotopic (exact) mass is 138 g/mol. The van der Waals surface area contributed by atoms with Gasteiger partial charge in [0.2, 0.25) is 0 Å². The largest absolute Gasteiger partial charge is 0.0877 e. The second kappa shape index (κ2) is 5.28. The molecule has 0 saturated heterocycles. The quantitative estimate of drug-likeness (QED) is 0.523. The first-order chi connectivity index (χ1) is 4.72. The van der Waals surface area contributed by atoms with Gasteiger partial charge in [-0.2, -0.15) is 0 Å². The number of hydrogen-bond donors (Lipinski definition) is 0. The van der Waals surface area contributed by atoms with Crippen molar-refractivity contribution in [1.29, 1.82) is 0 Å². The van der Waals surface area contributed by atoms with Crippen LogP contribution >= 0.6 is 0 Å². The van der Waals surface area contributed by atoms with Gasteiger partial charge in [0.25, 0.3) is 0 Å². The summed E-state index contributed by atoms with van der Waals surface area (Å²) in [6, 6.07) is 0. The van der Waals surface area contributed by atoms with Crippen molar-refractivity contribution < 1.29 is 0 Å². The maximum absolute atomic E-state index is 2.26. The Hall–Kier alpha value is -0.520. The van der Waals surface area contributed by atoms with Crippen LogP contribution in [0.4, 0.5) is 0 Å². The van der Waals surface area contributed by atoms with Crippen molar-refractivity contribution in [2.75, 3.05) is 0 Å². The van der Waals surface area contributed by atoms with Crippen LogP contribution in [0.5, 0.6) is 0 Å². The molecule has 0 saturated carbocycles. The Morgan fingerprint density at radius 3 is 2.50 bits per heavy atom. The Labute approximate surface area is 64.6 Å². The van der Waals surface area contributed by atoms with Crippen LogP contribution in [0.2, 0.25) is 0 Å². The Morgan fingerprint density at radius 1 is 1.50 bits per heavy atom. The first-order valence-electron chi connectivity index (χ1n) is 4.01. The van der Waals surface area contributed by atoms with E-state index in [1.165, 1.54) is 12.0 Å². The Kier molecular flexibility index (Phi) is 5.00. The minimum Gasteiger partial charge on any atom is -0.0877 e. The second-order valence-electron chi connectivity index (χ2n) is 2.75. The Bertz CT molecular complexity index is 129. The van der Waals surface area contributed by atoms with Crippen molar-refractivity contribution in [3.63, 3.8) is 0 Å². The summed E-state index contributed by atoms with van der Waals surface area (Å²) in [5.74, 6) is 0.733. The molecule has 0 radical (unpaired) electrons. The molecule has 0 nitrogen and oxygen atoms in total. The van der Waals surface area contributed by atoms with E-state index in [9.17, 15) is 0 Å². The van der Waals surface area contributed by atoms with E-state index < -0.39 is 0 Å². The first-order valence-corrected chi connectivity index (χ1v) is 4.01. The molecule has 0 heteroatoms. The minimum absolute atomic E-state index is 0.733. The fourth-order valence-corrected chi connectivity index (χ4v) is 0.734. The molecule has 0 aliphatic heterocycles. The number of allylic oxidation sites excluding steroid dienone is 4. The third-order valence-corrected chi connectivity index (χ3v) is 1.94. The van der Waals surface area contributed by atoms with Crippen molar-refractivity contribution in [1.82, 2.24) is 0 Å². The van der Waals surface area contributed by atoms with Gasteiger partial charge in [0.05, 0.1) is 0 Å². The molecule has 0 unspecified atom stereocenters. The van der Waals surface area contributed by atoms with E-state index >= 15 is 0 Å². The molecule has 58 valence electrons. The zero-order valence-electron chi connectivity index (χ0n) is 7.52. The highest BCUT2D eigenvalue weighted by Gasteiger charge is 1.97. The summed E-state index contributed by atoms with van der Waals surface area (Å²) in [7, 11) is 0. The predicted molar refractivity (Wildman–Crippen MR) is 48.0 cm³/mol. The smallest absolute Gasteiger partial charge is 0.0234 e. The van der Waals surface area contributed by atoms with Crippen LogP contribution in [0.3, 0.4) is 0 Å². The summed E-state index contributed by atoms with van der Waals surface area (Å²) in [4.78, 5) is 0. The average Bonchev–Trinajstić information content (AvgIpc) is 1.98. The fraction of sp³-hybridized carbons (Fsp3) is 0.600. The van der Waals surface area contributed by atoms with Crippen molar-refractivity contribution in [3.8, 4) is 0 Å². The lowest BCUT2D eigenvalue weighted by Gasteiger charge is -2.06. The number of rotatable bonds is 3. The lowest BCUT2D eigenvalue weighted by molar-refractivity contribution is 0.655. The predicted octanol–water partition coefficient (Wildman–Crippen LogP) is 3.55.